The molecule has 0 aliphatic rings. The fraction of sp³-hybridized carbons (Fsp3) is 0.417. The van der Waals surface area contributed by atoms with E-state index in [1.54, 1.807) is 6.07 Å². The second-order valence-electron chi connectivity index (χ2n) is 3.69. The van der Waals surface area contributed by atoms with Crippen LogP contribution in [0, 0.1) is 11.3 Å². The molecule has 0 spiro atoms. The number of rotatable bonds is 4. The molecule has 1 rings (SSSR count). The minimum Gasteiger partial charge on any atom is -0.371 e. The van der Waals surface area contributed by atoms with Gasteiger partial charge in [0.15, 0.2) is 0 Å². The Morgan fingerprint density at radius 1 is 1.56 bits per heavy atom. The smallest absolute Gasteiger partial charge is 0.101 e. The zero-order valence-corrected chi connectivity index (χ0v) is 11.3. The Morgan fingerprint density at radius 2 is 2.25 bits per heavy atom. The van der Waals surface area contributed by atoms with Gasteiger partial charge in [-0.05, 0) is 31.4 Å². The summed E-state index contributed by atoms with van der Waals surface area (Å²) >= 11 is 7.82. The van der Waals surface area contributed by atoms with Gasteiger partial charge in [-0.3, -0.25) is 0 Å². The largest absolute Gasteiger partial charge is 0.371 e. The van der Waals surface area contributed by atoms with Crippen molar-refractivity contribution in [1.82, 2.24) is 0 Å². The molecule has 1 atom stereocenters. The highest BCUT2D eigenvalue weighted by atomic mass is 35.5. The van der Waals surface area contributed by atoms with Gasteiger partial charge in [0.25, 0.3) is 0 Å². The Hall–Kier alpha value is -0.850. The van der Waals surface area contributed by atoms with E-state index in [4.69, 9.17) is 16.9 Å². The van der Waals surface area contributed by atoms with Gasteiger partial charge in [-0.25, -0.2) is 0 Å². The molecule has 0 amide bonds. The number of thioether (sulfide) groups is 1. The molecular formula is C12H15ClN2S. The Labute approximate surface area is 106 Å². The summed E-state index contributed by atoms with van der Waals surface area (Å²) in [5.41, 5.74) is 1.57. The highest BCUT2D eigenvalue weighted by Gasteiger charge is 2.10. The Bertz CT molecular complexity index is 400. The van der Waals surface area contributed by atoms with E-state index in [1.165, 1.54) is 0 Å². The predicted octanol–water partition coefficient (Wildman–Crippen LogP) is 3.40. The quantitative estimate of drug-likeness (QED) is 0.824. The van der Waals surface area contributed by atoms with E-state index in [9.17, 15) is 0 Å². The van der Waals surface area contributed by atoms with E-state index >= 15 is 0 Å². The molecule has 0 aliphatic carbocycles. The first kappa shape index (κ1) is 13.2. The van der Waals surface area contributed by atoms with E-state index in [2.05, 4.69) is 24.1 Å². The lowest BCUT2D eigenvalue weighted by molar-refractivity contribution is 0.765. The van der Waals surface area contributed by atoms with Crippen LogP contribution in [0.1, 0.15) is 12.5 Å². The molecule has 0 heterocycles. The van der Waals surface area contributed by atoms with E-state index in [0.717, 1.165) is 11.4 Å². The van der Waals surface area contributed by atoms with Crippen molar-refractivity contribution >= 4 is 29.1 Å². The molecule has 0 bridgehead atoms. The number of benzene rings is 1. The van der Waals surface area contributed by atoms with Gasteiger partial charge in [-0.2, -0.15) is 17.0 Å². The van der Waals surface area contributed by atoms with Crippen molar-refractivity contribution in [3.05, 3.63) is 28.8 Å². The molecule has 2 nitrogen and oxygen atoms in total. The van der Waals surface area contributed by atoms with Gasteiger partial charge in [0, 0.05) is 24.5 Å². The molecule has 0 saturated carbocycles. The lowest BCUT2D eigenvalue weighted by Gasteiger charge is -2.26. The SMILES string of the molecule is CSCC(C)N(C)c1ccc(C#N)c(Cl)c1. The topological polar surface area (TPSA) is 27.0 Å². The summed E-state index contributed by atoms with van der Waals surface area (Å²) in [5, 5.41) is 9.31. The van der Waals surface area contributed by atoms with Crippen molar-refractivity contribution in [3.8, 4) is 6.07 Å². The van der Waals surface area contributed by atoms with E-state index in [1.807, 2.05) is 30.9 Å². The summed E-state index contributed by atoms with van der Waals surface area (Å²) in [6, 6.07) is 8.04. The van der Waals surface area contributed by atoms with Gasteiger partial charge in [0.2, 0.25) is 0 Å². The molecule has 0 radical (unpaired) electrons. The normalized spacial score (nSPS) is 11.9. The van der Waals surface area contributed by atoms with Crippen molar-refractivity contribution < 1.29 is 0 Å². The molecule has 0 saturated heterocycles. The summed E-state index contributed by atoms with van der Waals surface area (Å²) in [4.78, 5) is 2.17. The number of nitrogens with zero attached hydrogens (tertiary/aromatic N) is 2. The maximum Gasteiger partial charge on any atom is 0.101 e. The van der Waals surface area contributed by atoms with Crippen LogP contribution in [-0.4, -0.2) is 25.1 Å². The van der Waals surface area contributed by atoms with Crippen molar-refractivity contribution in [2.24, 2.45) is 0 Å². The van der Waals surface area contributed by atoms with E-state index in [-0.39, 0.29) is 0 Å². The van der Waals surface area contributed by atoms with Crippen molar-refractivity contribution in [2.45, 2.75) is 13.0 Å². The van der Waals surface area contributed by atoms with Gasteiger partial charge in [0.1, 0.15) is 6.07 Å². The number of hydrogen-bond acceptors (Lipinski definition) is 3. The minimum atomic E-state index is 0.444. The summed E-state index contributed by atoms with van der Waals surface area (Å²) in [6.07, 6.45) is 2.09. The van der Waals surface area contributed by atoms with Crippen LogP contribution in [0.5, 0.6) is 0 Å². The molecule has 1 aromatic carbocycles. The molecule has 0 N–H and O–H groups in total. The first-order valence-corrected chi connectivity index (χ1v) is 6.78. The zero-order chi connectivity index (χ0) is 12.1. The van der Waals surface area contributed by atoms with E-state index < -0.39 is 0 Å². The third-order valence-electron chi connectivity index (χ3n) is 2.55. The molecule has 0 fully saturated rings. The molecule has 16 heavy (non-hydrogen) atoms. The third kappa shape index (κ3) is 3.07. The molecule has 1 unspecified atom stereocenters. The van der Waals surface area contributed by atoms with Crippen molar-refractivity contribution in [1.29, 1.82) is 5.26 Å². The second kappa shape index (κ2) is 6.03. The van der Waals surface area contributed by atoms with Gasteiger partial charge >= 0.3 is 0 Å². The van der Waals surface area contributed by atoms with Crippen LogP contribution in [0.15, 0.2) is 18.2 Å². The highest BCUT2D eigenvalue weighted by molar-refractivity contribution is 7.98. The monoisotopic (exact) mass is 254 g/mol. The predicted molar refractivity (Wildman–Crippen MR) is 72.4 cm³/mol. The lowest BCUT2D eigenvalue weighted by Crippen LogP contribution is -2.30. The zero-order valence-electron chi connectivity index (χ0n) is 9.70. The van der Waals surface area contributed by atoms with Crippen LogP contribution in [-0.2, 0) is 0 Å². The number of anilines is 1. The van der Waals surface area contributed by atoms with Crippen molar-refractivity contribution in [2.75, 3.05) is 24.0 Å². The Kier molecular flexibility index (Phi) is 4.98. The maximum absolute atomic E-state index is 8.79. The molecule has 4 heteroatoms. The fourth-order valence-corrected chi connectivity index (χ4v) is 2.34. The number of hydrogen-bond donors (Lipinski definition) is 0. The van der Waals surface area contributed by atoms with Gasteiger partial charge in [-0.15, -0.1) is 0 Å². The summed E-state index contributed by atoms with van der Waals surface area (Å²) in [6.45, 7) is 2.17. The summed E-state index contributed by atoms with van der Waals surface area (Å²) in [7, 11) is 2.04. The lowest BCUT2D eigenvalue weighted by atomic mass is 10.2. The third-order valence-corrected chi connectivity index (χ3v) is 3.68. The van der Waals surface area contributed by atoms with Crippen LogP contribution >= 0.6 is 23.4 Å². The Balaban J connectivity index is 2.89. The molecule has 1 aromatic rings. The molecular weight excluding hydrogens is 240 g/mol. The van der Waals surface area contributed by atoms with Gasteiger partial charge in [0.05, 0.1) is 10.6 Å². The van der Waals surface area contributed by atoms with Gasteiger partial charge in [-0.1, -0.05) is 11.6 Å². The first-order valence-electron chi connectivity index (χ1n) is 5.01. The van der Waals surface area contributed by atoms with Crippen molar-refractivity contribution in [3.63, 3.8) is 0 Å². The molecule has 86 valence electrons. The standard InChI is InChI=1S/C12H15ClN2S/c1-9(8-16-3)15(2)11-5-4-10(7-14)12(13)6-11/h4-6,9H,8H2,1-3H3. The molecule has 0 aromatic heterocycles. The maximum atomic E-state index is 8.79. The second-order valence-corrected chi connectivity index (χ2v) is 5.01. The average Bonchev–Trinajstić information content (AvgIpc) is 2.28. The van der Waals surface area contributed by atoms with Gasteiger partial charge < -0.3 is 4.90 Å². The fourth-order valence-electron chi connectivity index (χ4n) is 1.42. The van der Waals surface area contributed by atoms with Crippen LogP contribution in [0.25, 0.3) is 0 Å². The van der Waals surface area contributed by atoms with Crippen LogP contribution in [0.3, 0.4) is 0 Å². The number of halogens is 1. The minimum absolute atomic E-state index is 0.444. The first-order chi connectivity index (χ1) is 7.60. The summed E-state index contributed by atoms with van der Waals surface area (Å²) < 4.78 is 0. The molecule has 0 aliphatic heterocycles. The number of nitriles is 1. The van der Waals surface area contributed by atoms with Crippen LogP contribution in [0.2, 0.25) is 5.02 Å². The van der Waals surface area contributed by atoms with Crippen LogP contribution < -0.4 is 4.90 Å². The summed E-state index contributed by atoms with van der Waals surface area (Å²) in [5.74, 6) is 1.06. The highest BCUT2D eigenvalue weighted by Crippen LogP contribution is 2.24. The average molecular weight is 255 g/mol. The Morgan fingerprint density at radius 3 is 2.75 bits per heavy atom. The van der Waals surface area contributed by atoms with Crippen LogP contribution in [0.4, 0.5) is 5.69 Å². The van der Waals surface area contributed by atoms with E-state index in [0.29, 0.717) is 16.6 Å².